The summed E-state index contributed by atoms with van der Waals surface area (Å²) in [5.41, 5.74) is 0.385. The molecule has 3 rings (SSSR count). The van der Waals surface area contributed by atoms with Crippen molar-refractivity contribution in [1.82, 2.24) is 4.90 Å². The van der Waals surface area contributed by atoms with E-state index in [1.165, 1.54) is 6.26 Å². The number of carboxylic acid groups (broad SMARTS) is 1. The highest BCUT2D eigenvalue weighted by Gasteiger charge is 2.49. The molecule has 2 fully saturated rings. The van der Waals surface area contributed by atoms with E-state index in [4.69, 9.17) is 11.6 Å². The van der Waals surface area contributed by atoms with Crippen LogP contribution in [0.3, 0.4) is 0 Å². The molecule has 0 aromatic heterocycles. The van der Waals surface area contributed by atoms with Gasteiger partial charge in [0.05, 0.1) is 11.7 Å². The van der Waals surface area contributed by atoms with Crippen LogP contribution in [0.15, 0.2) is 24.3 Å². The summed E-state index contributed by atoms with van der Waals surface area (Å²) in [6.07, 6.45) is 2.80. The third-order valence-corrected chi connectivity index (χ3v) is 6.73. The molecule has 1 heterocycles. The van der Waals surface area contributed by atoms with Crippen LogP contribution in [0.2, 0.25) is 5.02 Å². The van der Waals surface area contributed by atoms with Gasteiger partial charge in [-0.3, -0.25) is 9.59 Å². The van der Waals surface area contributed by atoms with Gasteiger partial charge < -0.3 is 10.0 Å². The minimum Gasteiger partial charge on any atom is -0.481 e. The maximum absolute atomic E-state index is 12.7. The van der Waals surface area contributed by atoms with E-state index in [1.54, 1.807) is 29.2 Å². The lowest BCUT2D eigenvalue weighted by Crippen LogP contribution is -2.33. The number of halogens is 1. The molecule has 0 unspecified atom stereocenters. The minimum atomic E-state index is -3.15. The molecule has 2 atom stereocenters. The van der Waals surface area contributed by atoms with Gasteiger partial charge in [0, 0.05) is 36.7 Å². The number of amides is 1. The molecule has 1 aliphatic carbocycles. The molecule has 1 amide bonds. The quantitative estimate of drug-likeness (QED) is 0.791. The van der Waals surface area contributed by atoms with Crippen LogP contribution in [-0.4, -0.2) is 55.4 Å². The molecular weight excluding hydrogens is 378 g/mol. The van der Waals surface area contributed by atoms with Crippen molar-refractivity contribution in [2.45, 2.75) is 25.2 Å². The first-order valence-electron chi connectivity index (χ1n) is 8.52. The maximum atomic E-state index is 12.7. The molecule has 1 aromatic rings. The lowest BCUT2D eigenvalue weighted by molar-refractivity contribution is -0.141. The monoisotopic (exact) mass is 399 g/mol. The Morgan fingerprint density at radius 1 is 1.23 bits per heavy atom. The number of hydrogen-bond acceptors (Lipinski definition) is 4. The lowest BCUT2D eigenvalue weighted by atomic mass is 9.89. The molecule has 26 heavy (non-hydrogen) atoms. The predicted octanol–water partition coefficient (Wildman–Crippen LogP) is 2.18. The van der Waals surface area contributed by atoms with Crippen LogP contribution < -0.4 is 0 Å². The zero-order chi connectivity index (χ0) is 19.1. The van der Waals surface area contributed by atoms with E-state index in [-0.39, 0.29) is 30.5 Å². The van der Waals surface area contributed by atoms with Crippen LogP contribution in [0.1, 0.15) is 30.7 Å². The lowest BCUT2D eigenvalue weighted by Gasteiger charge is -2.20. The molecule has 0 spiro atoms. The fraction of sp³-hybridized carbons (Fsp3) is 0.556. The van der Waals surface area contributed by atoms with E-state index in [2.05, 4.69) is 0 Å². The number of carboxylic acids is 1. The van der Waals surface area contributed by atoms with Crippen LogP contribution in [0, 0.1) is 11.3 Å². The number of aliphatic carboxylic acids is 1. The summed E-state index contributed by atoms with van der Waals surface area (Å²) in [6.45, 7) is 0.475. The zero-order valence-electron chi connectivity index (χ0n) is 14.5. The largest absolute Gasteiger partial charge is 0.481 e. The fourth-order valence-electron chi connectivity index (χ4n) is 3.84. The van der Waals surface area contributed by atoms with Crippen LogP contribution in [0.5, 0.6) is 0 Å². The molecule has 1 aliphatic heterocycles. The van der Waals surface area contributed by atoms with Gasteiger partial charge in [-0.15, -0.1) is 0 Å². The van der Waals surface area contributed by atoms with Crippen molar-refractivity contribution < 1.29 is 23.1 Å². The van der Waals surface area contributed by atoms with Crippen molar-refractivity contribution in [3.05, 3.63) is 34.9 Å². The SMILES string of the molecule is CS(=O)(=O)CC1(CC(=O)N2C[C@@H](C(=O)O)[C@H](c3ccc(Cl)cc3)C2)CC1. The van der Waals surface area contributed by atoms with E-state index >= 15 is 0 Å². The van der Waals surface area contributed by atoms with Gasteiger partial charge in [0.2, 0.25) is 5.91 Å². The van der Waals surface area contributed by atoms with Gasteiger partial charge in [0.15, 0.2) is 0 Å². The van der Waals surface area contributed by atoms with Crippen molar-refractivity contribution >= 4 is 33.3 Å². The Morgan fingerprint density at radius 2 is 1.85 bits per heavy atom. The number of hydrogen-bond donors (Lipinski definition) is 1. The van der Waals surface area contributed by atoms with Crippen LogP contribution in [0.25, 0.3) is 0 Å². The molecule has 1 saturated carbocycles. The van der Waals surface area contributed by atoms with Crippen LogP contribution in [0.4, 0.5) is 0 Å². The Kier molecular flexibility index (Phi) is 5.05. The summed E-state index contributed by atoms with van der Waals surface area (Å²) in [5.74, 6) is -2.04. The number of rotatable bonds is 6. The van der Waals surface area contributed by atoms with Crippen molar-refractivity contribution in [3.63, 3.8) is 0 Å². The fourth-order valence-corrected chi connectivity index (χ4v) is 5.47. The van der Waals surface area contributed by atoms with Gasteiger partial charge >= 0.3 is 5.97 Å². The van der Waals surface area contributed by atoms with E-state index in [0.717, 1.165) is 18.4 Å². The van der Waals surface area contributed by atoms with Crippen molar-refractivity contribution in [3.8, 4) is 0 Å². The molecule has 0 bridgehead atoms. The van der Waals surface area contributed by atoms with E-state index in [1.807, 2.05) is 0 Å². The smallest absolute Gasteiger partial charge is 0.308 e. The standard InChI is InChI=1S/C18H22ClNO5S/c1-26(24,25)11-18(6-7-18)8-16(21)20-9-14(15(10-20)17(22)23)12-2-4-13(19)5-3-12/h2-5,14-15H,6-11H2,1H3,(H,22,23)/t14-,15+/m0/s1. The molecule has 1 N–H and O–H groups in total. The van der Waals surface area contributed by atoms with Crippen LogP contribution in [-0.2, 0) is 19.4 Å². The molecular formula is C18H22ClNO5S. The van der Waals surface area contributed by atoms with Gasteiger partial charge in [0.25, 0.3) is 0 Å². The number of carbonyl (C=O) groups excluding carboxylic acids is 1. The summed E-state index contributed by atoms with van der Waals surface area (Å²) < 4.78 is 23.2. The number of carbonyl (C=O) groups is 2. The Bertz CT molecular complexity index is 816. The molecule has 1 saturated heterocycles. The predicted molar refractivity (Wildman–Crippen MR) is 97.9 cm³/mol. The number of benzene rings is 1. The van der Waals surface area contributed by atoms with E-state index < -0.39 is 27.1 Å². The Labute approximate surface area is 158 Å². The highest BCUT2D eigenvalue weighted by molar-refractivity contribution is 7.90. The van der Waals surface area contributed by atoms with Crippen molar-refractivity contribution in [2.24, 2.45) is 11.3 Å². The van der Waals surface area contributed by atoms with E-state index in [9.17, 15) is 23.1 Å². The first kappa shape index (κ1) is 19.2. The van der Waals surface area contributed by atoms with Gasteiger partial charge in [0.1, 0.15) is 9.84 Å². The van der Waals surface area contributed by atoms with Crippen molar-refractivity contribution in [1.29, 1.82) is 0 Å². The summed E-state index contributed by atoms with van der Waals surface area (Å²) in [6, 6.07) is 7.02. The van der Waals surface area contributed by atoms with Gasteiger partial charge in [-0.2, -0.15) is 0 Å². The van der Waals surface area contributed by atoms with Crippen LogP contribution >= 0.6 is 11.6 Å². The second-order valence-electron chi connectivity index (χ2n) is 7.65. The number of nitrogens with zero attached hydrogens (tertiary/aromatic N) is 1. The average Bonchev–Trinajstić information content (AvgIpc) is 3.10. The molecule has 142 valence electrons. The molecule has 2 aliphatic rings. The molecule has 1 aromatic carbocycles. The highest BCUT2D eigenvalue weighted by atomic mass is 35.5. The first-order chi connectivity index (χ1) is 12.1. The second-order valence-corrected chi connectivity index (χ2v) is 10.2. The third-order valence-electron chi connectivity index (χ3n) is 5.34. The molecule has 6 nitrogen and oxygen atoms in total. The Hall–Kier alpha value is -1.60. The topological polar surface area (TPSA) is 91.8 Å². The second kappa shape index (κ2) is 6.85. The summed E-state index contributed by atoms with van der Waals surface area (Å²) in [4.78, 5) is 25.9. The number of sulfone groups is 1. The van der Waals surface area contributed by atoms with E-state index in [0.29, 0.717) is 11.6 Å². The van der Waals surface area contributed by atoms with Gasteiger partial charge in [-0.05, 0) is 36.0 Å². The maximum Gasteiger partial charge on any atom is 0.308 e. The number of likely N-dealkylation sites (tertiary alicyclic amines) is 1. The van der Waals surface area contributed by atoms with Gasteiger partial charge in [-0.1, -0.05) is 23.7 Å². The summed E-state index contributed by atoms with van der Waals surface area (Å²) >= 11 is 5.90. The Balaban J connectivity index is 1.72. The average molecular weight is 400 g/mol. The first-order valence-corrected chi connectivity index (χ1v) is 11.0. The normalized spacial score (nSPS) is 24.5. The summed E-state index contributed by atoms with van der Waals surface area (Å²) in [5, 5.41) is 10.1. The molecule has 0 radical (unpaired) electrons. The van der Waals surface area contributed by atoms with Crippen molar-refractivity contribution in [2.75, 3.05) is 25.1 Å². The summed E-state index contributed by atoms with van der Waals surface area (Å²) in [7, 11) is -3.15. The zero-order valence-corrected chi connectivity index (χ0v) is 16.1. The minimum absolute atomic E-state index is 0.0164. The third kappa shape index (κ3) is 4.38. The molecule has 8 heteroatoms. The van der Waals surface area contributed by atoms with Gasteiger partial charge in [-0.25, -0.2) is 8.42 Å². The Morgan fingerprint density at radius 3 is 2.35 bits per heavy atom. The highest BCUT2D eigenvalue weighted by Crippen LogP contribution is 2.50.